The number of likely N-dealkylation sites (N-methyl/N-ethyl adjacent to an activating group) is 1. The predicted molar refractivity (Wildman–Crippen MR) is 75.5 cm³/mol. The van der Waals surface area contributed by atoms with E-state index in [0.717, 1.165) is 47.6 Å². The van der Waals surface area contributed by atoms with Crippen LogP contribution in [0.4, 0.5) is 5.82 Å². The molecule has 0 unspecified atom stereocenters. The van der Waals surface area contributed by atoms with Gasteiger partial charge in [0.2, 0.25) is 0 Å². The highest BCUT2D eigenvalue weighted by Crippen LogP contribution is 2.24. The number of nitrogens with one attached hydrogen (secondary N) is 1. The molecule has 0 aromatic carbocycles. The maximum Gasteiger partial charge on any atom is 0.144 e. The molecule has 17 heavy (non-hydrogen) atoms. The van der Waals surface area contributed by atoms with Crippen molar-refractivity contribution in [1.82, 2.24) is 14.9 Å². The fourth-order valence-electron chi connectivity index (χ4n) is 1.55. The molecule has 1 rings (SSSR count). The molecule has 1 heterocycles. The van der Waals surface area contributed by atoms with E-state index >= 15 is 0 Å². The molecule has 0 saturated carbocycles. The first-order chi connectivity index (χ1) is 8.08. The first kappa shape index (κ1) is 14.4. The molecule has 0 aliphatic heterocycles. The maximum absolute atomic E-state index is 4.62. The Balaban J connectivity index is 2.94. The largest absolute Gasteiger partial charge is 0.372 e. The third-order valence-corrected chi connectivity index (χ3v) is 3.31. The molecule has 1 N–H and O–H groups in total. The van der Waals surface area contributed by atoms with Crippen LogP contribution >= 0.6 is 15.9 Å². The predicted octanol–water partition coefficient (Wildman–Crippen LogP) is 2.34. The van der Waals surface area contributed by atoms with E-state index in [4.69, 9.17) is 0 Å². The van der Waals surface area contributed by atoms with Gasteiger partial charge in [0, 0.05) is 20.0 Å². The van der Waals surface area contributed by atoms with Crippen LogP contribution in [0, 0.1) is 0 Å². The van der Waals surface area contributed by atoms with Gasteiger partial charge in [-0.05, 0) is 36.4 Å². The summed E-state index contributed by atoms with van der Waals surface area (Å²) in [4.78, 5) is 11.3. The fraction of sp³-hybridized carbons (Fsp3) is 0.667. The highest BCUT2D eigenvalue weighted by Gasteiger charge is 2.10. The molecule has 1 aromatic heterocycles. The molecule has 0 radical (unpaired) electrons. The summed E-state index contributed by atoms with van der Waals surface area (Å²) in [5.74, 6) is 1.80. The monoisotopic (exact) mass is 300 g/mol. The molecule has 0 aliphatic rings. The van der Waals surface area contributed by atoms with E-state index in [-0.39, 0.29) is 0 Å². The molecule has 0 atom stereocenters. The number of aromatic nitrogens is 2. The summed E-state index contributed by atoms with van der Waals surface area (Å²) in [7, 11) is 6.01. The zero-order valence-electron chi connectivity index (χ0n) is 11.0. The molecule has 4 nitrogen and oxygen atoms in total. The van der Waals surface area contributed by atoms with Crippen molar-refractivity contribution in [2.24, 2.45) is 0 Å². The van der Waals surface area contributed by atoms with Crippen molar-refractivity contribution in [3.8, 4) is 0 Å². The van der Waals surface area contributed by atoms with Gasteiger partial charge in [-0.25, -0.2) is 9.97 Å². The summed E-state index contributed by atoms with van der Waals surface area (Å²) in [6.07, 6.45) is 2.95. The topological polar surface area (TPSA) is 41.1 Å². The van der Waals surface area contributed by atoms with Crippen LogP contribution in [-0.4, -0.2) is 42.6 Å². The van der Waals surface area contributed by atoms with Crippen molar-refractivity contribution in [2.75, 3.05) is 33.0 Å². The average Bonchev–Trinajstić information content (AvgIpc) is 2.30. The minimum Gasteiger partial charge on any atom is -0.372 e. The number of halogens is 1. The number of hydrogen-bond donors (Lipinski definition) is 1. The van der Waals surface area contributed by atoms with Crippen molar-refractivity contribution < 1.29 is 0 Å². The second kappa shape index (κ2) is 6.91. The van der Waals surface area contributed by atoms with E-state index in [1.54, 1.807) is 0 Å². The van der Waals surface area contributed by atoms with Crippen LogP contribution in [-0.2, 0) is 12.8 Å². The van der Waals surface area contributed by atoms with E-state index in [2.05, 4.69) is 57.1 Å². The highest BCUT2D eigenvalue weighted by atomic mass is 79.9. The third-order valence-electron chi connectivity index (χ3n) is 2.47. The van der Waals surface area contributed by atoms with Crippen molar-refractivity contribution in [2.45, 2.75) is 26.2 Å². The lowest BCUT2D eigenvalue weighted by Gasteiger charge is -2.12. The Bertz CT molecular complexity index is 366. The second-order valence-electron chi connectivity index (χ2n) is 4.30. The fourth-order valence-corrected chi connectivity index (χ4v) is 2.12. The van der Waals surface area contributed by atoms with Gasteiger partial charge >= 0.3 is 0 Å². The maximum atomic E-state index is 4.62. The normalized spacial score (nSPS) is 10.9. The van der Waals surface area contributed by atoms with E-state index in [0.29, 0.717) is 0 Å². The summed E-state index contributed by atoms with van der Waals surface area (Å²) >= 11 is 3.56. The molecule has 96 valence electrons. The average molecular weight is 301 g/mol. The van der Waals surface area contributed by atoms with Crippen LogP contribution in [0.3, 0.4) is 0 Å². The molecule has 0 bridgehead atoms. The van der Waals surface area contributed by atoms with Gasteiger partial charge in [-0.3, -0.25) is 0 Å². The Morgan fingerprint density at radius 3 is 2.47 bits per heavy atom. The van der Waals surface area contributed by atoms with Crippen LogP contribution in [0.1, 0.15) is 24.9 Å². The van der Waals surface area contributed by atoms with Gasteiger partial charge in [0.1, 0.15) is 11.6 Å². The Kier molecular flexibility index (Phi) is 5.85. The SMILES string of the molecule is CCCc1nc(CCN(C)C)nc(NC)c1Br. The van der Waals surface area contributed by atoms with Gasteiger partial charge in [-0.15, -0.1) is 0 Å². The number of nitrogens with zero attached hydrogens (tertiary/aromatic N) is 3. The van der Waals surface area contributed by atoms with Gasteiger partial charge < -0.3 is 10.2 Å². The number of anilines is 1. The summed E-state index contributed by atoms with van der Waals surface area (Å²) in [5, 5.41) is 3.11. The highest BCUT2D eigenvalue weighted by molar-refractivity contribution is 9.10. The van der Waals surface area contributed by atoms with E-state index in [1.165, 1.54) is 0 Å². The van der Waals surface area contributed by atoms with E-state index < -0.39 is 0 Å². The summed E-state index contributed by atoms with van der Waals surface area (Å²) in [5.41, 5.74) is 1.10. The molecular weight excluding hydrogens is 280 g/mol. The molecule has 1 aromatic rings. The summed E-state index contributed by atoms with van der Waals surface area (Å²) in [6.45, 7) is 3.13. The Morgan fingerprint density at radius 2 is 1.94 bits per heavy atom. The summed E-state index contributed by atoms with van der Waals surface area (Å²) < 4.78 is 0.996. The number of rotatable bonds is 6. The Labute approximate surface area is 112 Å². The zero-order chi connectivity index (χ0) is 12.8. The van der Waals surface area contributed by atoms with Gasteiger partial charge in [0.05, 0.1) is 10.2 Å². The van der Waals surface area contributed by atoms with Crippen molar-refractivity contribution in [3.05, 3.63) is 16.0 Å². The van der Waals surface area contributed by atoms with Crippen molar-refractivity contribution in [3.63, 3.8) is 0 Å². The lowest BCUT2D eigenvalue weighted by molar-refractivity contribution is 0.409. The number of hydrogen-bond acceptors (Lipinski definition) is 4. The van der Waals surface area contributed by atoms with Gasteiger partial charge in [0.25, 0.3) is 0 Å². The van der Waals surface area contributed by atoms with E-state index in [9.17, 15) is 0 Å². The Morgan fingerprint density at radius 1 is 1.24 bits per heavy atom. The van der Waals surface area contributed by atoms with Crippen molar-refractivity contribution in [1.29, 1.82) is 0 Å². The summed E-state index contributed by atoms with van der Waals surface area (Å²) in [6, 6.07) is 0. The molecular formula is C12H21BrN4. The molecule has 0 saturated heterocycles. The number of aryl methyl sites for hydroxylation is 1. The molecule has 0 fully saturated rings. The lowest BCUT2D eigenvalue weighted by Crippen LogP contribution is -2.17. The second-order valence-corrected chi connectivity index (χ2v) is 5.10. The van der Waals surface area contributed by atoms with Crippen LogP contribution < -0.4 is 5.32 Å². The van der Waals surface area contributed by atoms with Gasteiger partial charge in [-0.1, -0.05) is 13.3 Å². The van der Waals surface area contributed by atoms with Crippen LogP contribution in [0.2, 0.25) is 0 Å². The van der Waals surface area contributed by atoms with Crippen LogP contribution in [0.25, 0.3) is 0 Å². The van der Waals surface area contributed by atoms with Crippen molar-refractivity contribution >= 4 is 21.7 Å². The first-order valence-corrected chi connectivity index (χ1v) is 6.75. The molecule has 5 heteroatoms. The zero-order valence-corrected chi connectivity index (χ0v) is 12.6. The van der Waals surface area contributed by atoms with Gasteiger partial charge in [0.15, 0.2) is 0 Å². The quantitative estimate of drug-likeness (QED) is 0.875. The van der Waals surface area contributed by atoms with Crippen LogP contribution in [0.5, 0.6) is 0 Å². The minimum absolute atomic E-state index is 0.881. The molecule has 0 aliphatic carbocycles. The minimum atomic E-state index is 0.881. The smallest absolute Gasteiger partial charge is 0.144 e. The van der Waals surface area contributed by atoms with Gasteiger partial charge in [-0.2, -0.15) is 0 Å². The van der Waals surface area contributed by atoms with Crippen LogP contribution in [0.15, 0.2) is 4.47 Å². The third kappa shape index (κ3) is 4.24. The standard InChI is InChI=1S/C12H21BrN4/c1-5-6-9-11(13)12(14-2)16-10(15-9)7-8-17(3)4/h5-8H2,1-4H3,(H,14,15,16). The lowest BCUT2D eigenvalue weighted by atomic mass is 10.2. The molecule has 0 spiro atoms. The van der Waals surface area contributed by atoms with E-state index in [1.807, 2.05) is 7.05 Å². The molecule has 0 amide bonds. The first-order valence-electron chi connectivity index (χ1n) is 5.96. The Hall–Kier alpha value is -0.680.